The minimum atomic E-state index is -0.371. The van der Waals surface area contributed by atoms with Crippen molar-refractivity contribution in [3.63, 3.8) is 0 Å². The second-order valence-electron chi connectivity index (χ2n) is 4.28. The maximum absolute atomic E-state index is 11.9. The van der Waals surface area contributed by atoms with Crippen LogP contribution in [0.15, 0.2) is 35.4 Å². The first kappa shape index (κ1) is 14.1. The standard InChI is InChI=1S/C13H13ClN4O2/c1-8-4-13(20)18(7-16-8)6-12(19)17-11-3-2-9(15)5-10(11)14/h2-5,7H,6,15H2,1H3,(H,17,19). The molecule has 0 bridgehead atoms. The number of hydrogen-bond donors (Lipinski definition) is 2. The Hall–Kier alpha value is -2.34. The molecule has 2 aromatic rings. The van der Waals surface area contributed by atoms with Crippen molar-refractivity contribution in [2.75, 3.05) is 11.1 Å². The summed E-state index contributed by atoms with van der Waals surface area (Å²) in [6.07, 6.45) is 1.34. The molecule has 0 radical (unpaired) electrons. The third-order valence-corrected chi connectivity index (χ3v) is 2.91. The number of amides is 1. The van der Waals surface area contributed by atoms with Crippen LogP contribution in [0.3, 0.4) is 0 Å². The summed E-state index contributed by atoms with van der Waals surface area (Å²) in [4.78, 5) is 27.5. The molecule has 1 heterocycles. The summed E-state index contributed by atoms with van der Waals surface area (Å²) in [5, 5.41) is 2.95. The predicted octanol–water partition coefficient (Wildman–Crippen LogP) is 1.43. The molecule has 0 aliphatic rings. The minimum absolute atomic E-state index is 0.132. The van der Waals surface area contributed by atoms with Gasteiger partial charge in [0.25, 0.3) is 5.56 Å². The maximum Gasteiger partial charge on any atom is 0.253 e. The first-order chi connectivity index (χ1) is 9.45. The molecule has 1 amide bonds. The molecule has 0 fully saturated rings. The largest absolute Gasteiger partial charge is 0.399 e. The average Bonchev–Trinajstić information content (AvgIpc) is 2.36. The second-order valence-corrected chi connectivity index (χ2v) is 4.69. The van der Waals surface area contributed by atoms with E-state index in [0.717, 1.165) is 0 Å². The molecule has 1 aromatic heterocycles. The van der Waals surface area contributed by atoms with Gasteiger partial charge in [-0.2, -0.15) is 0 Å². The maximum atomic E-state index is 11.9. The van der Waals surface area contributed by atoms with E-state index in [9.17, 15) is 9.59 Å². The van der Waals surface area contributed by atoms with Crippen molar-refractivity contribution in [2.45, 2.75) is 13.5 Å². The van der Waals surface area contributed by atoms with Crippen LogP contribution in [-0.4, -0.2) is 15.5 Å². The molecule has 0 unspecified atom stereocenters. The number of hydrogen-bond acceptors (Lipinski definition) is 4. The Balaban J connectivity index is 2.11. The minimum Gasteiger partial charge on any atom is -0.399 e. The molecule has 0 saturated heterocycles. The molecule has 1 aromatic carbocycles. The fourth-order valence-corrected chi connectivity index (χ4v) is 1.85. The van der Waals surface area contributed by atoms with Gasteiger partial charge in [-0.25, -0.2) is 4.98 Å². The lowest BCUT2D eigenvalue weighted by Gasteiger charge is -2.09. The van der Waals surface area contributed by atoms with E-state index in [2.05, 4.69) is 10.3 Å². The van der Waals surface area contributed by atoms with E-state index in [1.54, 1.807) is 19.1 Å². The Morgan fingerprint density at radius 1 is 1.45 bits per heavy atom. The first-order valence-corrected chi connectivity index (χ1v) is 6.21. The molecule has 20 heavy (non-hydrogen) atoms. The number of aryl methyl sites for hydroxylation is 1. The first-order valence-electron chi connectivity index (χ1n) is 5.83. The van der Waals surface area contributed by atoms with Crippen LogP contribution in [0.2, 0.25) is 5.02 Å². The van der Waals surface area contributed by atoms with E-state index in [1.165, 1.54) is 23.0 Å². The molecule has 0 atom stereocenters. The van der Waals surface area contributed by atoms with E-state index < -0.39 is 0 Å². The van der Waals surface area contributed by atoms with Crippen molar-refractivity contribution >= 4 is 28.9 Å². The average molecular weight is 293 g/mol. The number of benzene rings is 1. The highest BCUT2D eigenvalue weighted by Gasteiger charge is 2.08. The third-order valence-electron chi connectivity index (χ3n) is 2.60. The van der Waals surface area contributed by atoms with Crippen LogP contribution in [-0.2, 0) is 11.3 Å². The lowest BCUT2D eigenvalue weighted by Crippen LogP contribution is -2.27. The lowest BCUT2D eigenvalue weighted by molar-refractivity contribution is -0.116. The molecule has 2 rings (SSSR count). The van der Waals surface area contributed by atoms with Gasteiger partial charge >= 0.3 is 0 Å². The Kier molecular flexibility index (Phi) is 4.05. The number of anilines is 2. The molecular weight excluding hydrogens is 280 g/mol. The predicted molar refractivity (Wildman–Crippen MR) is 77.7 cm³/mol. The summed E-state index contributed by atoms with van der Waals surface area (Å²) in [5.41, 5.74) is 6.84. The van der Waals surface area contributed by atoms with Gasteiger partial charge < -0.3 is 11.1 Å². The number of nitrogens with zero attached hydrogens (tertiary/aromatic N) is 2. The topological polar surface area (TPSA) is 90.0 Å². The lowest BCUT2D eigenvalue weighted by atomic mass is 10.3. The van der Waals surface area contributed by atoms with Crippen molar-refractivity contribution in [1.82, 2.24) is 9.55 Å². The van der Waals surface area contributed by atoms with Gasteiger partial charge in [0.15, 0.2) is 0 Å². The van der Waals surface area contributed by atoms with Gasteiger partial charge in [-0.1, -0.05) is 11.6 Å². The van der Waals surface area contributed by atoms with Crippen LogP contribution in [0.5, 0.6) is 0 Å². The van der Waals surface area contributed by atoms with Crippen molar-refractivity contribution in [3.8, 4) is 0 Å². The smallest absolute Gasteiger partial charge is 0.253 e. The van der Waals surface area contributed by atoms with Gasteiger partial charge in [0.1, 0.15) is 6.54 Å². The van der Waals surface area contributed by atoms with Gasteiger partial charge in [-0.3, -0.25) is 14.2 Å². The molecule has 0 aliphatic carbocycles. The van der Waals surface area contributed by atoms with Gasteiger partial charge in [0, 0.05) is 17.4 Å². The van der Waals surface area contributed by atoms with E-state index in [-0.39, 0.29) is 18.0 Å². The molecule has 3 N–H and O–H groups in total. The number of nitrogen functional groups attached to an aromatic ring is 1. The molecule has 104 valence electrons. The highest BCUT2D eigenvalue weighted by atomic mass is 35.5. The van der Waals surface area contributed by atoms with E-state index >= 15 is 0 Å². The molecule has 7 heteroatoms. The van der Waals surface area contributed by atoms with Gasteiger partial charge in [0.2, 0.25) is 5.91 Å². The summed E-state index contributed by atoms with van der Waals surface area (Å²) in [5.74, 6) is -0.371. The van der Waals surface area contributed by atoms with Crippen molar-refractivity contribution in [3.05, 3.63) is 51.7 Å². The number of aromatic nitrogens is 2. The summed E-state index contributed by atoms with van der Waals surface area (Å²) < 4.78 is 1.22. The highest BCUT2D eigenvalue weighted by Crippen LogP contribution is 2.23. The Morgan fingerprint density at radius 3 is 2.85 bits per heavy atom. The van der Waals surface area contributed by atoms with Crippen LogP contribution in [0, 0.1) is 6.92 Å². The molecule has 0 aliphatic heterocycles. The fraction of sp³-hybridized carbons (Fsp3) is 0.154. The highest BCUT2D eigenvalue weighted by molar-refractivity contribution is 6.34. The summed E-state index contributed by atoms with van der Waals surface area (Å²) in [6.45, 7) is 1.58. The van der Waals surface area contributed by atoms with E-state index in [1.807, 2.05) is 0 Å². The van der Waals surface area contributed by atoms with Crippen molar-refractivity contribution < 1.29 is 4.79 Å². The third kappa shape index (κ3) is 3.36. The summed E-state index contributed by atoms with van der Waals surface area (Å²) >= 11 is 5.95. The van der Waals surface area contributed by atoms with Crippen LogP contribution < -0.4 is 16.6 Å². The van der Waals surface area contributed by atoms with Crippen LogP contribution >= 0.6 is 11.6 Å². The number of nitrogens with two attached hydrogens (primary N) is 1. The van der Waals surface area contributed by atoms with Gasteiger partial charge in [-0.05, 0) is 25.1 Å². The van der Waals surface area contributed by atoms with Crippen molar-refractivity contribution in [2.24, 2.45) is 0 Å². The number of carbonyl (C=O) groups excluding carboxylic acids is 1. The van der Waals surface area contributed by atoms with E-state index in [4.69, 9.17) is 17.3 Å². The molecule has 0 spiro atoms. The van der Waals surface area contributed by atoms with Crippen molar-refractivity contribution in [1.29, 1.82) is 0 Å². The molecular formula is C13H13ClN4O2. The number of nitrogens with one attached hydrogen (secondary N) is 1. The molecule has 0 saturated carbocycles. The monoisotopic (exact) mass is 292 g/mol. The zero-order valence-electron chi connectivity index (χ0n) is 10.8. The van der Waals surface area contributed by atoms with Crippen LogP contribution in [0.1, 0.15) is 5.69 Å². The van der Waals surface area contributed by atoms with Crippen LogP contribution in [0.4, 0.5) is 11.4 Å². The Morgan fingerprint density at radius 2 is 2.20 bits per heavy atom. The number of halogens is 1. The summed E-state index contributed by atoms with van der Waals surface area (Å²) in [7, 11) is 0. The van der Waals surface area contributed by atoms with Gasteiger partial charge in [0.05, 0.1) is 17.0 Å². The Bertz CT molecular complexity index is 712. The fourth-order valence-electron chi connectivity index (χ4n) is 1.61. The van der Waals surface area contributed by atoms with E-state index in [0.29, 0.717) is 22.1 Å². The zero-order chi connectivity index (χ0) is 14.7. The molecule has 6 nitrogen and oxygen atoms in total. The summed E-state index contributed by atoms with van der Waals surface area (Å²) in [6, 6.07) is 6.13. The normalized spacial score (nSPS) is 10.3. The second kappa shape index (κ2) is 5.75. The zero-order valence-corrected chi connectivity index (χ0v) is 11.5. The van der Waals surface area contributed by atoms with Gasteiger partial charge in [-0.15, -0.1) is 0 Å². The quantitative estimate of drug-likeness (QED) is 0.837. The number of carbonyl (C=O) groups is 1. The Labute approximate surface area is 120 Å². The number of rotatable bonds is 3. The SMILES string of the molecule is Cc1cc(=O)n(CC(=O)Nc2ccc(N)cc2Cl)cn1. The van der Waals surface area contributed by atoms with Crippen LogP contribution in [0.25, 0.3) is 0 Å².